The molecular formula is C14H19FN2O2. The summed E-state index contributed by atoms with van der Waals surface area (Å²) in [6.07, 6.45) is 0. The first kappa shape index (κ1) is 15.1. The Hall–Kier alpha value is -1.91. The van der Waals surface area contributed by atoms with E-state index in [0.29, 0.717) is 6.54 Å². The highest BCUT2D eigenvalue weighted by atomic mass is 19.1. The minimum Gasteiger partial charge on any atom is -0.368 e. The highest BCUT2D eigenvalue weighted by molar-refractivity contribution is 5.96. The second-order valence-corrected chi connectivity index (χ2v) is 5.03. The van der Waals surface area contributed by atoms with Crippen molar-refractivity contribution in [2.75, 3.05) is 13.1 Å². The van der Waals surface area contributed by atoms with Crippen LogP contribution in [0.15, 0.2) is 18.2 Å². The molecule has 0 atom stereocenters. The molecule has 1 aromatic carbocycles. The molecule has 2 N–H and O–H groups in total. The fourth-order valence-electron chi connectivity index (χ4n) is 1.81. The second-order valence-electron chi connectivity index (χ2n) is 5.03. The van der Waals surface area contributed by atoms with E-state index >= 15 is 0 Å². The third-order valence-corrected chi connectivity index (χ3v) is 2.57. The fourth-order valence-corrected chi connectivity index (χ4v) is 1.81. The van der Waals surface area contributed by atoms with Gasteiger partial charge in [-0.05, 0) is 30.5 Å². The Morgan fingerprint density at radius 3 is 2.47 bits per heavy atom. The molecule has 0 aliphatic rings. The van der Waals surface area contributed by atoms with Crippen LogP contribution in [0.2, 0.25) is 0 Å². The molecule has 1 aromatic rings. The Labute approximate surface area is 112 Å². The van der Waals surface area contributed by atoms with E-state index in [-0.39, 0.29) is 18.0 Å². The summed E-state index contributed by atoms with van der Waals surface area (Å²) in [5, 5.41) is 0. The van der Waals surface area contributed by atoms with Gasteiger partial charge in [-0.1, -0.05) is 19.9 Å². The van der Waals surface area contributed by atoms with Crippen molar-refractivity contribution < 1.29 is 14.0 Å². The van der Waals surface area contributed by atoms with Gasteiger partial charge in [0.05, 0.1) is 12.1 Å². The summed E-state index contributed by atoms with van der Waals surface area (Å²) >= 11 is 0. The van der Waals surface area contributed by atoms with Crippen molar-refractivity contribution in [3.63, 3.8) is 0 Å². The zero-order valence-electron chi connectivity index (χ0n) is 11.4. The van der Waals surface area contributed by atoms with Crippen molar-refractivity contribution in [1.82, 2.24) is 4.90 Å². The number of primary amides is 1. The quantitative estimate of drug-likeness (QED) is 0.882. The maximum Gasteiger partial charge on any atom is 0.257 e. The molecule has 0 aliphatic heterocycles. The third kappa shape index (κ3) is 4.35. The SMILES string of the molecule is Cc1ccc(C(=O)N(CC(N)=O)CC(C)C)c(F)c1. The van der Waals surface area contributed by atoms with Crippen LogP contribution in [0.25, 0.3) is 0 Å². The van der Waals surface area contributed by atoms with Gasteiger partial charge in [-0.3, -0.25) is 9.59 Å². The van der Waals surface area contributed by atoms with Crippen molar-refractivity contribution in [1.29, 1.82) is 0 Å². The Balaban J connectivity index is 3.00. The zero-order chi connectivity index (χ0) is 14.6. The summed E-state index contributed by atoms with van der Waals surface area (Å²) < 4.78 is 13.8. The van der Waals surface area contributed by atoms with Crippen molar-refractivity contribution in [3.8, 4) is 0 Å². The summed E-state index contributed by atoms with van der Waals surface area (Å²) in [4.78, 5) is 24.5. The number of carbonyl (C=O) groups is 2. The first-order valence-corrected chi connectivity index (χ1v) is 6.15. The standard InChI is InChI=1S/C14H19FN2O2/c1-9(2)7-17(8-13(16)18)14(19)11-5-4-10(3)6-12(11)15/h4-6,9H,7-8H2,1-3H3,(H2,16,18). The predicted molar refractivity (Wildman–Crippen MR) is 71.1 cm³/mol. The third-order valence-electron chi connectivity index (χ3n) is 2.57. The average molecular weight is 266 g/mol. The van der Waals surface area contributed by atoms with Crippen molar-refractivity contribution >= 4 is 11.8 Å². The van der Waals surface area contributed by atoms with Crippen LogP contribution in [0, 0.1) is 18.7 Å². The molecule has 2 amide bonds. The minimum absolute atomic E-state index is 0.0347. The van der Waals surface area contributed by atoms with Crippen molar-refractivity contribution in [2.45, 2.75) is 20.8 Å². The monoisotopic (exact) mass is 266 g/mol. The zero-order valence-corrected chi connectivity index (χ0v) is 11.4. The van der Waals surface area contributed by atoms with Gasteiger partial charge >= 0.3 is 0 Å². The lowest BCUT2D eigenvalue weighted by atomic mass is 10.1. The van der Waals surface area contributed by atoms with Gasteiger partial charge in [0.1, 0.15) is 5.82 Å². The summed E-state index contributed by atoms with van der Waals surface area (Å²) in [5.74, 6) is -1.54. The Morgan fingerprint density at radius 2 is 2.00 bits per heavy atom. The van der Waals surface area contributed by atoms with Gasteiger partial charge in [0.2, 0.25) is 5.91 Å². The highest BCUT2D eigenvalue weighted by Gasteiger charge is 2.21. The van der Waals surface area contributed by atoms with E-state index in [1.807, 2.05) is 13.8 Å². The minimum atomic E-state index is -0.610. The number of carbonyl (C=O) groups excluding carboxylic acids is 2. The molecule has 0 aromatic heterocycles. The summed E-state index contributed by atoms with van der Waals surface area (Å²) in [7, 11) is 0. The lowest BCUT2D eigenvalue weighted by Gasteiger charge is -2.23. The molecule has 0 saturated carbocycles. The predicted octanol–water partition coefficient (Wildman–Crippen LogP) is 1.72. The summed E-state index contributed by atoms with van der Waals surface area (Å²) in [6, 6.07) is 4.39. The first-order chi connectivity index (χ1) is 8.81. The van der Waals surface area contributed by atoms with Crippen LogP contribution >= 0.6 is 0 Å². The van der Waals surface area contributed by atoms with E-state index in [4.69, 9.17) is 5.73 Å². The lowest BCUT2D eigenvalue weighted by molar-refractivity contribution is -0.118. The molecule has 5 heteroatoms. The molecule has 1 rings (SSSR count). The largest absolute Gasteiger partial charge is 0.368 e. The van der Waals surface area contributed by atoms with Crippen LogP contribution in [-0.4, -0.2) is 29.8 Å². The van der Waals surface area contributed by atoms with E-state index in [1.165, 1.54) is 17.0 Å². The normalized spacial score (nSPS) is 10.6. The number of benzene rings is 1. The Morgan fingerprint density at radius 1 is 1.37 bits per heavy atom. The smallest absolute Gasteiger partial charge is 0.257 e. The number of aryl methyl sites for hydroxylation is 1. The Kier molecular flexibility index (Phi) is 5.03. The van der Waals surface area contributed by atoms with Gasteiger partial charge in [0, 0.05) is 6.54 Å². The summed E-state index contributed by atoms with van der Waals surface area (Å²) in [5.41, 5.74) is 5.82. The molecule has 0 bridgehead atoms. The maximum absolute atomic E-state index is 13.8. The second kappa shape index (κ2) is 6.31. The number of amides is 2. The van der Waals surface area contributed by atoms with E-state index in [1.54, 1.807) is 13.0 Å². The van der Waals surface area contributed by atoms with E-state index < -0.39 is 17.6 Å². The molecule has 0 heterocycles. The van der Waals surface area contributed by atoms with Crippen molar-refractivity contribution in [3.05, 3.63) is 35.1 Å². The number of hydrogen-bond acceptors (Lipinski definition) is 2. The first-order valence-electron chi connectivity index (χ1n) is 6.15. The lowest BCUT2D eigenvalue weighted by Crippen LogP contribution is -2.40. The van der Waals surface area contributed by atoms with E-state index in [2.05, 4.69) is 0 Å². The molecule has 0 saturated heterocycles. The number of halogens is 1. The molecule has 104 valence electrons. The van der Waals surface area contributed by atoms with Crippen LogP contribution in [0.3, 0.4) is 0 Å². The average Bonchev–Trinajstić information content (AvgIpc) is 2.26. The van der Waals surface area contributed by atoms with Crippen LogP contribution in [0.1, 0.15) is 29.8 Å². The molecule has 0 unspecified atom stereocenters. The molecule has 0 spiro atoms. The molecule has 0 radical (unpaired) electrons. The van der Waals surface area contributed by atoms with Gasteiger partial charge in [-0.2, -0.15) is 0 Å². The van der Waals surface area contributed by atoms with E-state index in [0.717, 1.165) is 5.56 Å². The van der Waals surface area contributed by atoms with Gasteiger partial charge in [-0.15, -0.1) is 0 Å². The molecule has 19 heavy (non-hydrogen) atoms. The fraction of sp³-hybridized carbons (Fsp3) is 0.429. The van der Waals surface area contributed by atoms with Crippen LogP contribution in [0.4, 0.5) is 4.39 Å². The summed E-state index contributed by atoms with van der Waals surface area (Å²) in [6.45, 7) is 5.71. The van der Waals surface area contributed by atoms with Gasteiger partial charge in [-0.25, -0.2) is 4.39 Å². The van der Waals surface area contributed by atoms with Crippen LogP contribution in [-0.2, 0) is 4.79 Å². The topological polar surface area (TPSA) is 63.4 Å². The molecule has 4 nitrogen and oxygen atoms in total. The highest BCUT2D eigenvalue weighted by Crippen LogP contribution is 2.13. The number of rotatable bonds is 5. The molecular weight excluding hydrogens is 247 g/mol. The molecule has 0 fully saturated rings. The van der Waals surface area contributed by atoms with Crippen LogP contribution < -0.4 is 5.73 Å². The Bertz CT molecular complexity index is 486. The number of nitrogens with zero attached hydrogens (tertiary/aromatic N) is 1. The molecule has 0 aliphatic carbocycles. The van der Waals surface area contributed by atoms with E-state index in [9.17, 15) is 14.0 Å². The van der Waals surface area contributed by atoms with Gasteiger partial charge in [0.15, 0.2) is 0 Å². The number of nitrogens with two attached hydrogens (primary N) is 1. The van der Waals surface area contributed by atoms with Crippen molar-refractivity contribution in [2.24, 2.45) is 11.7 Å². The maximum atomic E-state index is 13.8. The van der Waals surface area contributed by atoms with Gasteiger partial charge in [0.25, 0.3) is 5.91 Å². The number of hydrogen-bond donors (Lipinski definition) is 1. The van der Waals surface area contributed by atoms with Crippen LogP contribution in [0.5, 0.6) is 0 Å². The van der Waals surface area contributed by atoms with Gasteiger partial charge < -0.3 is 10.6 Å².